The Morgan fingerprint density at radius 2 is 2.00 bits per heavy atom. The maximum Gasteiger partial charge on any atom is 0.246 e. The molecule has 0 fully saturated rings. The maximum atomic E-state index is 11.8. The predicted molar refractivity (Wildman–Crippen MR) is 82.5 cm³/mol. The molecule has 110 valence electrons. The molecule has 0 atom stereocenters. The molecule has 5 heteroatoms. The number of carbonyl (C=O) groups excluding carboxylic acids is 1. The molecule has 21 heavy (non-hydrogen) atoms. The summed E-state index contributed by atoms with van der Waals surface area (Å²) in [6, 6.07) is 11.4. The van der Waals surface area contributed by atoms with E-state index in [4.69, 9.17) is 4.74 Å². The van der Waals surface area contributed by atoms with Crippen LogP contribution in [0.25, 0.3) is 0 Å². The van der Waals surface area contributed by atoms with Crippen LogP contribution in [-0.2, 0) is 18.3 Å². The Labute approximate surface area is 124 Å². The Morgan fingerprint density at radius 3 is 2.57 bits per heavy atom. The van der Waals surface area contributed by atoms with Gasteiger partial charge in [-0.1, -0.05) is 0 Å². The van der Waals surface area contributed by atoms with Crippen molar-refractivity contribution in [3.8, 4) is 5.75 Å². The van der Waals surface area contributed by atoms with Crippen LogP contribution in [-0.4, -0.2) is 23.3 Å². The maximum absolute atomic E-state index is 11.8. The molecule has 0 bridgehead atoms. The zero-order valence-corrected chi connectivity index (χ0v) is 12.5. The van der Waals surface area contributed by atoms with Gasteiger partial charge in [0.05, 0.1) is 19.2 Å². The van der Waals surface area contributed by atoms with Crippen LogP contribution in [0.4, 0.5) is 0 Å². The number of aryl methyl sites for hydroxylation is 1. The number of benzene rings is 1. The van der Waals surface area contributed by atoms with Gasteiger partial charge in [0.2, 0.25) is 5.91 Å². The fraction of sp³-hybridized carbons (Fsp3) is 0.250. The second kappa shape index (κ2) is 6.74. The number of aromatic nitrogens is 1. The Morgan fingerprint density at radius 1 is 1.29 bits per heavy atom. The zero-order chi connectivity index (χ0) is 15.2. The molecule has 1 aromatic carbocycles. The highest BCUT2D eigenvalue weighted by molar-refractivity contribution is 5.99. The molecule has 2 aromatic rings. The molecule has 1 amide bonds. The fourth-order valence-corrected chi connectivity index (χ4v) is 1.93. The Balaban J connectivity index is 1.96. The van der Waals surface area contributed by atoms with E-state index in [9.17, 15) is 4.79 Å². The number of hydrogen-bond donors (Lipinski definition) is 1. The van der Waals surface area contributed by atoms with Crippen LogP contribution in [0, 0.1) is 0 Å². The summed E-state index contributed by atoms with van der Waals surface area (Å²) in [5, 5.41) is 4.13. The molecule has 0 radical (unpaired) electrons. The number of nitrogens with one attached hydrogen (secondary N) is 1. The Kier molecular flexibility index (Phi) is 4.77. The van der Waals surface area contributed by atoms with Crippen LogP contribution in [0.2, 0.25) is 0 Å². The van der Waals surface area contributed by atoms with Crippen LogP contribution in [0.15, 0.2) is 47.7 Å². The lowest BCUT2D eigenvalue weighted by atomic mass is 10.1. The molecular formula is C16H19N3O2. The van der Waals surface area contributed by atoms with E-state index >= 15 is 0 Å². The topological polar surface area (TPSA) is 55.6 Å². The van der Waals surface area contributed by atoms with Gasteiger partial charge in [-0.15, -0.1) is 0 Å². The van der Waals surface area contributed by atoms with Gasteiger partial charge in [-0.05, 0) is 48.9 Å². The van der Waals surface area contributed by atoms with Crippen molar-refractivity contribution < 1.29 is 9.53 Å². The molecule has 1 heterocycles. The molecule has 0 saturated carbocycles. The molecule has 0 aliphatic carbocycles. The van der Waals surface area contributed by atoms with E-state index in [1.807, 2.05) is 61.1 Å². The summed E-state index contributed by atoms with van der Waals surface area (Å²) in [7, 11) is 3.54. The highest BCUT2D eigenvalue weighted by Gasteiger charge is 2.05. The van der Waals surface area contributed by atoms with Gasteiger partial charge in [-0.2, -0.15) is 5.10 Å². The minimum Gasteiger partial charge on any atom is -0.497 e. The first-order valence-corrected chi connectivity index (χ1v) is 6.68. The van der Waals surface area contributed by atoms with Crippen molar-refractivity contribution in [3.63, 3.8) is 0 Å². The molecule has 5 nitrogen and oxygen atoms in total. The van der Waals surface area contributed by atoms with E-state index in [1.165, 1.54) is 0 Å². The van der Waals surface area contributed by atoms with E-state index in [0.29, 0.717) is 6.42 Å². The minimum atomic E-state index is -0.135. The highest BCUT2D eigenvalue weighted by atomic mass is 16.5. The van der Waals surface area contributed by atoms with Gasteiger partial charge in [0.1, 0.15) is 5.75 Å². The predicted octanol–water partition coefficient (Wildman–Crippen LogP) is 2.12. The van der Waals surface area contributed by atoms with Gasteiger partial charge in [0.15, 0.2) is 0 Å². The van der Waals surface area contributed by atoms with Gasteiger partial charge in [0, 0.05) is 18.9 Å². The van der Waals surface area contributed by atoms with E-state index in [0.717, 1.165) is 22.7 Å². The molecule has 0 saturated heterocycles. The number of nitrogens with zero attached hydrogens (tertiary/aromatic N) is 2. The summed E-state index contributed by atoms with van der Waals surface area (Å²) >= 11 is 0. The zero-order valence-electron chi connectivity index (χ0n) is 12.5. The second-order valence-corrected chi connectivity index (χ2v) is 4.75. The van der Waals surface area contributed by atoms with Crippen molar-refractivity contribution in [1.82, 2.24) is 9.99 Å². The van der Waals surface area contributed by atoms with E-state index in [-0.39, 0.29) is 5.91 Å². The van der Waals surface area contributed by atoms with Crippen LogP contribution < -0.4 is 10.2 Å². The van der Waals surface area contributed by atoms with Crippen molar-refractivity contribution in [2.45, 2.75) is 13.3 Å². The third kappa shape index (κ3) is 3.95. The number of ether oxygens (including phenoxy) is 1. The minimum absolute atomic E-state index is 0.135. The summed E-state index contributed by atoms with van der Waals surface area (Å²) < 4.78 is 7.02. The van der Waals surface area contributed by atoms with Crippen molar-refractivity contribution in [1.29, 1.82) is 0 Å². The standard InChI is InChI=1S/C16H19N3O2/c1-12(13-6-8-15(21-3)9-7-13)17-18-16(20)11-14-5-4-10-19(14)2/h4-10H,11H2,1-3H3,(H,18,20)/b17-12+. The summed E-state index contributed by atoms with van der Waals surface area (Å²) in [5.41, 5.74) is 5.22. The van der Waals surface area contributed by atoms with Crippen molar-refractivity contribution in [2.24, 2.45) is 12.1 Å². The lowest BCUT2D eigenvalue weighted by Gasteiger charge is -2.05. The molecule has 0 unspecified atom stereocenters. The average Bonchev–Trinajstić information content (AvgIpc) is 2.90. The Bertz CT molecular complexity index is 642. The normalized spacial score (nSPS) is 11.3. The van der Waals surface area contributed by atoms with Crippen LogP contribution >= 0.6 is 0 Å². The molecule has 2 rings (SSSR count). The number of hydrazone groups is 1. The first-order valence-electron chi connectivity index (χ1n) is 6.68. The monoisotopic (exact) mass is 285 g/mol. The first-order chi connectivity index (χ1) is 10.1. The van der Waals surface area contributed by atoms with Gasteiger partial charge in [-0.25, -0.2) is 5.43 Å². The molecule has 0 aliphatic heterocycles. The van der Waals surface area contributed by atoms with Gasteiger partial charge >= 0.3 is 0 Å². The highest BCUT2D eigenvalue weighted by Crippen LogP contribution is 2.11. The van der Waals surface area contributed by atoms with Gasteiger partial charge in [-0.3, -0.25) is 4.79 Å². The van der Waals surface area contributed by atoms with Crippen LogP contribution in [0.5, 0.6) is 5.75 Å². The van der Waals surface area contributed by atoms with Gasteiger partial charge < -0.3 is 9.30 Å². The summed E-state index contributed by atoms with van der Waals surface area (Å²) in [6.07, 6.45) is 2.22. The second-order valence-electron chi connectivity index (χ2n) is 4.75. The first kappa shape index (κ1) is 14.8. The number of methoxy groups -OCH3 is 1. The molecule has 0 aliphatic rings. The number of carbonyl (C=O) groups is 1. The van der Waals surface area contributed by atoms with Crippen molar-refractivity contribution >= 4 is 11.6 Å². The molecule has 0 spiro atoms. The lowest BCUT2D eigenvalue weighted by Crippen LogP contribution is -2.22. The average molecular weight is 285 g/mol. The van der Waals surface area contributed by atoms with E-state index < -0.39 is 0 Å². The lowest BCUT2D eigenvalue weighted by molar-refractivity contribution is -0.120. The third-order valence-electron chi connectivity index (χ3n) is 3.25. The largest absolute Gasteiger partial charge is 0.497 e. The SMILES string of the molecule is COc1ccc(/C(C)=N/NC(=O)Cc2cccn2C)cc1. The van der Waals surface area contributed by atoms with Crippen molar-refractivity contribution in [2.75, 3.05) is 7.11 Å². The number of amides is 1. The molecule has 1 aromatic heterocycles. The summed E-state index contributed by atoms with van der Waals surface area (Å²) in [5.74, 6) is 0.656. The quantitative estimate of drug-likeness (QED) is 0.676. The van der Waals surface area contributed by atoms with Crippen LogP contribution in [0.1, 0.15) is 18.2 Å². The summed E-state index contributed by atoms with van der Waals surface area (Å²) in [4.78, 5) is 11.8. The van der Waals surface area contributed by atoms with E-state index in [2.05, 4.69) is 10.5 Å². The molecule has 1 N–H and O–H groups in total. The van der Waals surface area contributed by atoms with Crippen molar-refractivity contribution in [3.05, 3.63) is 53.9 Å². The Hall–Kier alpha value is -2.56. The van der Waals surface area contributed by atoms with E-state index in [1.54, 1.807) is 7.11 Å². The number of rotatable bonds is 5. The molecular weight excluding hydrogens is 266 g/mol. The fourth-order valence-electron chi connectivity index (χ4n) is 1.93. The summed E-state index contributed by atoms with van der Waals surface area (Å²) in [6.45, 7) is 1.85. The number of hydrogen-bond acceptors (Lipinski definition) is 3. The van der Waals surface area contributed by atoms with Crippen LogP contribution in [0.3, 0.4) is 0 Å². The van der Waals surface area contributed by atoms with Gasteiger partial charge in [0.25, 0.3) is 0 Å². The third-order valence-corrected chi connectivity index (χ3v) is 3.25. The smallest absolute Gasteiger partial charge is 0.246 e.